The van der Waals surface area contributed by atoms with Crippen LogP contribution in [0.3, 0.4) is 0 Å². The zero-order valence-corrected chi connectivity index (χ0v) is 10.9. The van der Waals surface area contributed by atoms with Gasteiger partial charge < -0.3 is 4.74 Å². The van der Waals surface area contributed by atoms with E-state index in [1.165, 1.54) is 24.3 Å². The van der Waals surface area contributed by atoms with Crippen LogP contribution in [0.2, 0.25) is 0 Å². The molecular formula is C16H13F3O. The number of rotatable bonds is 4. The Hall–Kier alpha value is -2.23. The summed E-state index contributed by atoms with van der Waals surface area (Å²) < 4.78 is 46.9. The molecule has 2 rings (SSSR count). The summed E-state index contributed by atoms with van der Waals surface area (Å²) in [6.45, 7) is 5.30. The third-order valence-corrected chi connectivity index (χ3v) is 2.77. The summed E-state index contributed by atoms with van der Waals surface area (Å²) in [5.41, 5.74) is 0.222. The maximum atomic E-state index is 14.0. The van der Waals surface area contributed by atoms with Crippen LogP contribution in [0.5, 0.6) is 5.75 Å². The number of hydrogen-bond acceptors (Lipinski definition) is 1. The van der Waals surface area contributed by atoms with Gasteiger partial charge in [0.25, 0.3) is 0 Å². The highest BCUT2D eigenvalue weighted by Crippen LogP contribution is 2.32. The van der Waals surface area contributed by atoms with Gasteiger partial charge in [-0.25, -0.2) is 13.2 Å². The summed E-state index contributed by atoms with van der Waals surface area (Å²) in [4.78, 5) is 0. The van der Waals surface area contributed by atoms with Gasteiger partial charge in [-0.1, -0.05) is 24.3 Å². The molecule has 0 saturated carbocycles. The first-order valence-electron chi connectivity index (χ1n) is 6.02. The second kappa shape index (κ2) is 5.82. The standard InChI is InChI=1S/C16H13F3O/c1-3-6-20-11-8-14(18)16(15(19)9-11)12-7-10(2)4-5-13(12)17/h3-5,7-9H,1,6H2,2H3. The maximum Gasteiger partial charge on any atom is 0.137 e. The summed E-state index contributed by atoms with van der Waals surface area (Å²) in [7, 11) is 0. The van der Waals surface area contributed by atoms with Gasteiger partial charge in [-0.05, 0) is 19.1 Å². The first-order valence-corrected chi connectivity index (χ1v) is 6.02. The average Bonchev–Trinajstić information content (AvgIpc) is 2.39. The fourth-order valence-electron chi connectivity index (χ4n) is 1.88. The van der Waals surface area contributed by atoms with Crippen LogP contribution in [-0.4, -0.2) is 6.61 Å². The Labute approximate surface area is 115 Å². The zero-order chi connectivity index (χ0) is 14.7. The molecule has 0 fully saturated rings. The van der Waals surface area contributed by atoms with Crippen molar-refractivity contribution >= 4 is 0 Å². The molecule has 0 aliphatic heterocycles. The lowest BCUT2D eigenvalue weighted by atomic mass is 10.0. The van der Waals surface area contributed by atoms with Crippen LogP contribution < -0.4 is 4.74 Å². The number of halogens is 3. The maximum absolute atomic E-state index is 14.0. The smallest absolute Gasteiger partial charge is 0.137 e. The minimum Gasteiger partial charge on any atom is -0.489 e. The van der Waals surface area contributed by atoms with Gasteiger partial charge in [0.05, 0.1) is 5.56 Å². The number of aryl methyl sites for hydroxylation is 1. The molecule has 0 aliphatic carbocycles. The van der Waals surface area contributed by atoms with E-state index in [9.17, 15) is 13.2 Å². The Morgan fingerprint density at radius 2 is 1.70 bits per heavy atom. The average molecular weight is 278 g/mol. The molecule has 0 spiro atoms. The lowest BCUT2D eigenvalue weighted by Gasteiger charge is -2.10. The van der Waals surface area contributed by atoms with Crippen molar-refractivity contribution < 1.29 is 17.9 Å². The van der Waals surface area contributed by atoms with Crippen LogP contribution in [0, 0.1) is 24.4 Å². The first kappa shape index (κ1) is 14.2. The minimum atomic E-state index is -0.867. The Bertz CT molecular complexity index is 627. The normalized spacial score (nSPS) is 10.4. The molecule has 0 N–H and O–H groups in total. The summed E-state index contributed by atoms with van der Waals surface area (Å²) in [6.07, 6.45) is 1.46. The van der Waals surface area contributed by atoms with E-state index in [0.29, 0.717) is 5.56 Å². The van der Waals surface area contributed by atoms with E-state index < -0.39 is 23.0 Å². The Kier molecular flexibility index (Phi) is 4.13. The minimum absolute atomic E-state index is 0.0386. The van der Waals surface area contributed by atoms with Gasteiger partial charge in [-0.2, -0.15) is 0 Å². The quantitative estimate of drug-likeness (QED) is 0.740. The van der Waals surface area contributed by atoms with Crippen molar-refractivity contribution in [2.24, 2.45) is 0 Å². The van der Waals surface area contributed by atoms with Crippen molar-refractivity contribution in [1.29, 1.82) is 0 Å². The summed E-state index contributed by atoms with van der Waals surface area (Å²) in [5.74, 6) is -2.37. The molecule has 0 aromatic heterocycles. The van der Waals surface area contributed by atoms with Crippen molar-refractivity contribution in [3.63, 3.8) is 0 Å². The fourth-order valence-corrected chi connectivity index (χ4v) is 1.88. The molecule has 0 atom stereocenters. The van der Waals surface area contributed by atoms with Crippen molar-refractivity contribution in [3.05, 3.63) is 66.0 Å². The Morgan fingerprint density at radius 3 is 2.30 bits per heavy atom. The third kappa shape index (κ3) is 2.85. The van der Waals surface area contributed by atoms with Gasteiger partial charge in [0.2, 0.25) is 0 Å². The fraction of sp³-hybridized carbons (Fsp3) is 0.125. The van der Waals surface area contributed by atoms with Crippen molar-refractivity contribution in [2.75, 3.05) is 6.61 Å². The first-order chi connectivity index (χ1) is 9.52. The van der Waals surface area contributed by atoms with E-state index in [1.54, 1.807) is 6.92 Å². The highest BCUT2D eigenvalue weighted by atomic mass is 19.1. The largest absolute Gasteiger partial charge is 0.489 e. The molecule has 4 heteroatoms. The van der Waals surface area contributed by atoms with Crippen LogP contribution >= 0.6 is 0 Å². The molecule has 0 unspecified atom stereocenters. The van der Waals surface area contributed by atoms with Gasteiger partial charge in [-0.3, -0.25) is 0 Å². The van der Waals surface area contributed by atoms with Crippen molar-refractivity contribution in [1.82, 2.24) is 0 Å². The number of hydrogen-bond donors (Lipinski definition) is 0. The van der Waals surface area contributed by atoms with Crippen molar-refractivity contribution in [3.8, 4) is 16.9 Å². The summed E-state index contributed by atoms with van der Waals surface area (Å²) >= 11 is 0. The zero-order valence-electron chi connectivity index (χ0n) is 10.9. The summed E-state index contributed by atoms with van der Waals surface area (Å²) in [6, 6.07) is 6.19. The highest BCUT2D eigenvalue weighted by Gasteiger charge is 2.17. The van der Waals surface area contributed by atoms with Gasteiger partial charge in [0, 0.05) is 17.7 Å². The molecule has 0 amide bonds. The SMILES string of the molecule is C=CCOc1cc(F)c(-c2cc(C)ccc2F)c(F)c1. The molecule has 2 aromatic carbocycles. The number of benzene rings is 2. The van der Waals surface area contributed by atoms with Crippen molar-refractivity contribution in [2.45, 2.75) is 6.92 Å². The predicted octanol–water partition coefficient (Wildman–Crippen LogP) is 4.64. The molecule has 1 nitrogen and oxygen atoms in total. The van der Waals surface area contributed by atoms with E-state index in [2.05, 4.69) is 6.58 Å². The molecule has 104 valence electrons. The predicted molar refractivity (Wildman–Crippen MR) is 72.2 cm³/mol. The second-order valence-corrected chi connectivity index (χ2v) is 4.34. The molecule has 0 heterocycles. The van der Waals surface area contributed by atoms with Gasteiger partial charge in [0.1, 0.15) is 29.8 Å². The van der Waals surface area contributed by atoms with Crippen LogP contribution in [-0.2, 0) is 0 Å². The molecule has 0 aliphatic rings. The Morgan fingerprint density at radius 1 is 1.05 bits per heavy atom. The number of ether oxygens (including phenoxy) is 1. The molecule has 0 saturated heterocycles. The van der Waals surface area contributed by atoms with E-state index in [4.69, 9.17) is 4.74 Å². The molecule has 0 bridgehead atoms. The van der Waals surface area contributed by atoms with E-state index in [1.807, 2.05) is 0 Å². The van der Waals surface area contributed by atoms with Gasteiger partial charge in [-0.15, -0.1) is 0 Å². The lowest BCUT2D eigenvalue weighted by Crippen LogP contribution is -1.98. The van der Waals surface area contributed by atoms with Gasteiger partial charge >= 0.3 is 0 Å². The van der Waals surface area contributed by atoms with E-state index in [0.717, 1.165) is 12.1 Å². The summed E-state index contributed by atoms with van der Waals surface area (Å²) in [5, 5.41) is 0. The highest BCUT2D eigenvalue weighted by molar-refractivity contribution is 5.67. The third-order valence-electron chi connectivity index (χ3n) is 2.77. The molecule has 0 radical (unpaired) electrons. The van der Waals surface area contributed by atoms with Crippen LogP contribution in [0.15, 0.2) is 43.0 Å². The monoisotopic (exact) mass is 278 g/mol. The Balaban J connectivity index is 2.52. The topological polar surface area (TPSA) is 9.23 Å². The van der Waals surface area contributed by atoms with Crippen LogP contribution in [0.25, 0.3) is 11.1 Å². The second-order valence-electron chi connectivity index (χ2n) is 4.34. The van der Waals surface area contributed by atoms with E-state index >= 15 is 0 Å². The molecule has 2 aromatic rings. The molecular weight excluding hydrogens is 265 g/mol. The van der Waals surface area contributed by atoms with Crippen LogP contribution in [0.4, 0.5) is 13.2 Å². The van der Waals surface area contributed by atoms with Crippen LogP contribution in [0.1, 0.15) is 5.56 Å². The lowest BCUT2D eigenvalue weighted by molar-refractivity contribution is 0.358. The molecule has 20 heavy (non-hydrogen) atoms. The van der Waals surface area contributed by atoms with E-state index in [-0.39, 0.29) is 17.9 Å². The van der Waals surface area contributed by atoms with Gasteiger partial charge in [0.15, 0.2) is 0 Å².